The molecule has 4 heteroatoms. The summed E-state index contributed by atoms with van der Waals surface area (Å²) in [6.07, 6.45) is 4.69. The van der Waals surface area contributed by atoms with Gasteiger partial charge in [-0.05, 0) is 19.4 Å². The Morgan fingerprint density at radius 2 is 2.17 bits per heavy atom. The van der Waals surface area contributed by atoms with Crippen LogP contribution < -0.4 is 10.5 Å². The maximum atomic E-state index is 5.92. The number of hydrogen-bond acceptors (Lipinski definition) is 3. The number of aromatic nitrogens is 2. The monoisotopic (exact) mass is 245 g/mol. The van der Waals surface area contributed by atoms with Crippen molar-refractivity contribution < 1.29 is 4.74 Å². The first-order chi connectivity index (χ1) is 8.70. The van der Waals surface area contributed by atoms with Gasteiger partial charge in [-0.2, -0.15) is 5.10 Å². The summed E-state index contributed by atoms with van der Waals surface area (Å²) < 4.78 is 7.71. The summed E-state index contributed by atoms with van der Waals surface area (Å²) in [7, 11) is 0. The molecule has 1 atom stereocenters. The molecule has 18 heavy (non-hydrogen) atoms. The van der Waals surface area contributed by atoms with Gasteiger partial charge in [0.25, 0.3) is 0 Å². The summed E-state index contributed by atoms with van der Waals surface area (Å²) in [5.41, 5.74) is 6.92. The zero-order valence-corrected chi connectivity index (χ0v) is 10.8. The molecule has 1 heterocycles. The molecule has 0 aliphatic heterocycles. The molecule has 96 valence electrons. The Morgan fingerprint density at radius 1 is 1.39 bits per heavy atom. The molecule has 0 aliphatic rings. The third-order valence-electron chi connectivity index (χ3n) is 2.70. The quantitative estimate of drug-likeness (QED) is 0.880. The first-order valence-electron chi connectivity index (χ1n) is 6.25. The van der Waals surface area contributed by atoms with Gasteiger partial charge in [-0.3, -0.25) is 4.68 Å². The first kappa shape index (κ1) is 12.6. The highest BCUT2D eigenvalue weighted by Gasteiger charge is 2.09. The molecule has 0 spiro atoms. The average Bonchev–Trinajstić information content (AvgIpc) is 2.77. The second-order valence-electron chi connectivity index (χ2n) is 4.37. The summed E-state index contributed by atoms with van der Waals surface area (Å²) in [6.45, 7) is 4.97. The first-order valence-corrected chi connectivity index (χ1v) is 6.25. The maximum absolute atomic E-state index is 5.92. The van der Waals surface area contributed by atoms with Gasteiger partial charge in [-0.1, -0.05) is 25.1 Å². The molecule has 0 fully saturated rings. The number of ether oxygens (including phenoxy) is 1. The molecule has 0 radical (unpaired) electrons. The Bertz CT molecular complexity index is 505. The molecular weight excluding hydrogens is 226 g/mol. The van der Waals surface area contributed by atoms with E-state index in [4.69, 9.17) is 10.5 Å². The zero-order chi connectivity index (χ0) is 13.0. The highest BCUT2D eigenvalue weighted by Crippen LogP contribution is 2.28. The van der Waals surface area contributed by atoms with Crippen LogP contribution in [0.25, 0.3) is 0 Å². The van der Waals surface area contributed by atoms with Crippen molar-refractivity contribution in [1.29, 1.82) is 0 Å². The average molecular weight is 245 g/mol. The van der Waals surface area contributed by atoms with Gasteiger partial charge in [0.15, 0.2) is 5.75 Å². The highest BCUT2D eigenvalue weighted by molar-refractivity contribution is 5.38. The molecule has 0 saturated heterocycles. The molecule has 4 nitrogen and oxygen atoms in total. The lowest BCUT2D eigenvalue weighted by Crippen LogP contribution is -2.06. The summed E-state index contributed by atoms with van der Waals surface area (Å²) in [5, 5.41) is 4.24. The van der Waals surface area contributed by atoms with Crippen LogP contribution in [0.1, 0.15) is 31.9 Å². The van der Waals surface area contributed by atoms with E-state index in [0.29, 0.717) is 0 Å². The van der Waals surface area contributed by atoms with E-state index in [-0.39, 0.29) is 6.04 Å². The van der Waals surface area contributed by atoms with Gasteiger partial charge in [-0.25, -0.2) is 0 Å². The van der Waals surface area contributed by atoms with E-state index in [1.165, 1.54) is 0 Å². The minimum Gasteiger partial charge on any atom is -0.454 e. The number of hydrogen-bond donors (Lipinski definition) is 1. The summed E-state index contributed by atoms with van der Waals surface area (Å²) in [4.78, 5) is 0. The van der Waals surface area contributed by atoms with Crippen LogP contribution in [0.2, 0.25) is 0 Å². The van der Waals surface area contributed by atoms with Crippen LogP contribution in [0.15, 0.2) is 36.7 Å². The fourth-order valence-electron chi connectivity index (χ4n) is 1.83. The van der Waals surface area contributed by atoms with Crippen LogP contribution in [-0.2, 0) is 6.54 Å². The van der Waals surface area contributed by atoms with E-state index in [1.54, 1.807) is 6.20 Å². The molecule has 2 aromatic rings. The second kappa shape index (κ2) is 5.69. The fraction of sp³-hybridized carbons (Fsp3) is 0.357. The second-order valence-corrected chi connectivity index (χ2v) is 4.37. The molecule has 2 N–H and O–H groups in total. The summed E-state index contributed by atoms with van der Waals surface area (Å²) >= 11 is 0. The van der Waals surface area contributed by atoms with E-state index in [0.717, 1.165) is 30.0 Å². The van der Waals surface area contributed by atoms with Gasteiger partial charge >= 0.3 is 0 Å². The van der Waals surface area contributed by atoms with Crippen LogP contribution in [0.3, 0.4) is 0 Å². The Kier molecular flexibility index (Phi) is 3.99. The van der Waals surface area contributed by atoms with E-state index in [2.05, 4.69) is 12.0 Å². The smallest absolute Gasteiger partial charge is 0.165 e. The van der Waals surface area contributed by atoms with E-state index in [9.17, 15) is 0 Å². The summed E-state index contributed by atoms with van der Waals surface area (Å²) in [5.74, 6) is 1.54. The molecule has 0 aliphatic carbocycles. The molecule has 0 bridgehead atoms. The highest BCUT2D eigenvalue weighted by atomic mass is 16.5. The van der Waals surface area contributed by atoms with Gasteiger partial charge in [0.05, 0.1) is 12.4 Å². The van der Waals surface area contributed by atoms with Crippen molar-refractivity contribution in [3.63, 3.8) is 0 Å². The minimum atomic E-state index is -0.0492. The third kappa shape index (κ3) is 2.90. The van der Waals surface area contributed by atoms with Crippen molar-refractivity contribution in [2.24, 2.45) is 5.73 Å². The zero-order valence-electron chi connectivity index (χ0n) is 10.8. The van der Waals surface area contributed by atoms with Gasteiger partial charge in [-0.15, -0.1) is 0 Å². The number of para-hydroxylation sites is 1. The largest absolute Gasteiger partial charge is 0.454 e. The number of benzene rings is 1. The number of rotatable bonds is 5. The van der Waals surface area contributed by atoms with Crippen molar-refractivity contribution >= 4 is 0 Å². The van der Waals surface area contributed by atoms with Crippen LogP contribution in [0.5, 0.6) is 11.5 Å². The molecule has 0 amide bonds. The van der Waals surface area contributed by atoms with Crippen molar-refractivity contribution in [3.05, 3.63) is 42.2 Å². The minimum absolute atomic E-state index is 0.0492. The third-order valence-corrected chi connectivity index (χ3v) is 2.70. The van der Waals surface area contributed by atoms with Crippen LogP contribution in [-0.4, -0.2) is 9.78 Å². The van der Waals surface area contributed by atoms with Gasteiger partial charge < -0.3 is 10.5 Å². The predicted molar refractivity (Wildman–Crippen MR) is 71.6 cm³/mol. The molecule has 1 aromatic heterocycles. The lowest BCUT2D eigenvalue weighted by molar-refractivity contribution is 0.470. The summed E-state index contributed by atoms with van der Waals surface area (Å²) in [6, 6.07) is 7.77. The topological polar surface area (TPSA) is 53.1 Å². The van der Waals surface area contributed by atoms with E-state index >= 15 is 0 Å². The Labute approximate surface area is 107 Å². The Hall–Kier alpha value is -1.81. The predicted octanol–water partition coefficient (Wildman–Crippen LogP) is 3.11. The van der Waals surface area contributed by atoms with Gasteiger partial charge in [0, 0.05) is 18.2 Å². The Balaban J connectivity index is 2.17. The molecular formula is C14H19N3O. The van der Waals surface area contributed by atoms with Crippen LogP contribution in [0.4, 0.5) is 0 Å². The molecule has 1 aromatic carbocycles. The lowest BCUT2D eigenvalue weighted by atomic mass is 10.1. The van der Waals surface area contributed by atoms with Crippen molar-refractivity contribution in [3.8, 4) is 11.5 Å². The molecule has 1 unspecified atom stereocenters. The SMILES string of the molecule is CCCn1cc(Oc2ccccc2C(C)N)cn1. The Morgan fingerprint density at radius 3 is 2.89 bits per heavy atom. The van der Waals surface area contributed by atoms with Crippen molar-refractivity contribution in [2.45, 2.75) is 32.9 Å². The number of nitrogens with zero attached hydrogens (tertiary/aromatic N) is 2. The number of aryl methyl sites for hydroxylation is 1. The van der Waals surface area contributed by atoms with Gasteiger partial charge in [0.1, 0.15) is 5.75 Å². The number of nitrogens with two attached hydrogens (primary N) is 1. The molecule has 2 rings (SSSR count). The standard InChI is InChI=1S/C14H19N3O/c1-3-8-17-10-12(9-16-17)18-14-7-5-4-6-13(14)11(2)15/h4-7,9-11H,3,8,15H2,1-2H3. The van der Waals surface area contributed by atoms with Crippen LogP contribution in [0, 0.1) is 0 Å². The van der Waals surface area contributed by atoms with Crippen molar-refractivity contribution in [2.75, 3.05) is 0 Å². The fourth-order valence-corrected chi connectivity index (χ4v) is 1.83. The van der Waals surface area contributed by atoms with Crippen molar-refractivity contribution in [1.82, 2.24) is 9.78 Å². The van der Waals surface area contributed by atoms with E-state index in [1.807, 2.05) is 42.1 Å². The van der Waals surface area contributed by atoms with Gasteiger partial charge in [0.2, 0.25) is 0 Å². The van der Waals surface area contributed by atoms with Crippen LogP contribution >= 0.6 is 0 Å². The van der Waals surface area contributed by atoms with E-state index < -0.39 is 0 Å². The maximum Gasteiger partial charge on any atom is 0.165 e. The normalized spacial score (nSPS) is 12.4. The lowest BCUT2D eigenvalue weighted by Gasteiger charge is -2.12. The molecule has 0 saturated carbocycles.